The number of fused-ring (bicyclic) bond motifs is 3. The molecule has 0 unspecified atom stereocenters. The summed E-state index contributed by atoms with van der Waals surface area (Å²) < 4.78 is 1.88. The monoisotopic (exact) mass is 331 g/mol. The van der Waals surface area contributed by atoms with Crippen molar-refractivity contribution in [2.24, 2.45) is 0 Å². The Hall–Kier alpha value is -3.79. The zero-order chi connectivity index (χ0) is 17.6. The van der Waals surface area contributed by atoms with Crippen LogP contribution in [0.3, 0.4) is 0 Å². The summed E-state index contributed by atoms with van der Waals surface area (Å²) in [5.41, 5.74) is 3.75. The average Bonchev–Trinajstić information content (AvgIpc) is 3.08. The molecule has 0 bridgehead atoms. The molecule has 2 heterocycles. The summed E-state index contributed by atoms with van der Waals surface area (Å²) in [5.74, 6) is 0.147. The summed E-state index contributed by atoms with van der Waals surface area (Å²) in [6.45, 7) is 0. The van der Waals surface area contributed by atoms with Crippen molar-refractivity contribution < 1.29 is 10.2 Å². The summed E-state index contributed by atoms with van der Waals surface area (Å²) in [4.78, 5) is 8.96. The number of phenols is 2. The summed E-state index contributed by atoms with van der Waals surface area (Å²) in [6, 6.07) is 12.1. The van der Waals surface area contributed by atoms with E-state index in [-0.39, 0.29) is 11.5 Å². The molecule has 7 nitrogen and oxygen atoms in total. The van der Waals surface area contributed by atoms with Crippen LogP contribution in [-0.2, 0) is 0 Å². The van der Waals surface area contributed by atoms with Gasteiger partial charge in [-0.15, -0.1) is 0 Å². The molecule has 0 aliphatic heterocycles. The number of imidazole rings is 1. The minimum Gasteiger partial charge on any atom is -0.504 e. The molecule has 4 rings (SSSR count). The highest BCUT2D eigenvalue weighted by Crippen LogP contribution is 2.33. The number of anilines is 1. The third kappa shape index (κ3) is 2.12. The molecule has 0 fully saturated rings. The third-order valence-electron chi connectivity index (χ3n) is 4.08. The molecule has 0 radical (unpaired) electrons. The summed E-state index contributed by atoms with van der Waals surface area (Å²) in [6.07, 6.45) is 1.67. The molecule has 0 atom stereocenters. The molecular weight excluding hydrogens is 318 g/mol. The van der Waals surface area contributed by atoms with Gasteiger partial charge in [0.15, 0.2) is 23.0 Å². The van der Waals surface area contributed by atoms with E-state index in [0.717, 1.165) is 5.52 Å². The van der Waals surface area contributed by atoms with Gasteiger partial charge >= 0.3 is 0 Å². The van der Waals surface area contributed by atoms with E-state index in [1.807, 2.05) is 10.5 Å². The van der Waals surface area contributed by atoms with E-state index in [1.165, 1.54) is 12.1 Å². The topological polar surface area (TPSA) is 106 Å². The second-order valence-corrected chi connectivity index (χ2v) is 5.50. The molecule has 0 spiro atoms. The van der Waals surface area contributed by atoms with E-state index in [4.69, 9.17) is 0 Å². The maximum atomic E-state index is 9.82. The number of nitriles is 1. The van der Waals surface area contributed by atoms with Crippen LogP contribution < -0.4 is 5.32 Å². The van der Waals surface area contributed by atoms with Crippen molar-refractivity contribution in [1.82, 2.24) is 14.4 Å². The number of hydrogen-bond acceptors (Lipinski definition) is 6. The second-order valence-electron chi connectivity index (χ2n) is 5.50. The normalized spacial score (nSPS) is 10.9. The van der Waals surface area contributed by atoms with Crippen molar-refractivity contribution in [3.05, 3.63) is 48.2 Å². The van der Waals surface area contributed by atoms with Gasteiger partial charge in [-0.05, 0) is 30.3 Å². The van der Waals surface area contributed by atoms with Gasteiger partial charge in [0.2, 0.25) is 0 Å². The predicted molar refractivity (Wildman–Crippen MR) is 93.5 cm³/mol. The van der Waals surface area contributed by atoms with Crippen LogP contribution in [0.5, 0.6) is 11.5 Å². The van der Waals surface area contributed by atoms with Gasteiger partial charge in [-0.25, -0.2) is 9.97 Å². The Morgan fingerprint density at radius 1 is 1.16 bits per heavy atom. The molecule has 2 aromatic heterocycles. The van der Waals surface area contributed by atoms with Crippen LogP contribution >= 0.6 is 0 Å². The standard InChI is InChI=1S/C18H13N5O2/c1-20-17-18-21-9-13(10-5-6-14(24)15(25)7-10)23(18)12-4-2-3-11(8-19)16(12)22-17/h2-7,9,24-25H,1H3,(H,20,22). The number of benzene rings is 2. The fraction of sp³-hybridized carbons (Fsp3) is 0.0556. The molecule has 0 amide bonds. The highest BCUT2D eigenvalue weighted by atomic mass is 16.3. The van der Waals surface area contributed by atoms with E-state index >= 15 is 0 Å². The first-order valence-electron chi connectivity index (χ1n) is 7.54. The van der Waals surface area contributed by atoms with Crippen molar-refractivity contribution >= 4 is 22.5 Å². The number of rotatable bonds is 2. The largest absolute Gasteiger partial charge is 0.504 e. The summed E-state index contributed by atoms with van der Waals surface area (Å²) in [5, 5.41) is 31.8. The van der Waals surface area contributed by atoms with E-state index < -0.39 is 0 Å². The molecule has 0 aliphatic carbocycles. The van der Waals surface area contributed by atoms with E-state index in [1.54, 1.807) is 31.4 Å². The van der Waals surface area contributed by atoms with Gasteiger partial charge in [0.1, 0.15) is 11.6 Å². The first-order chi connectivity index (χ1) is 12.1. The van der Waals surface area contributed by atoms with Crippen LogP contribution in [0.25, 0.3) is 27.9 Å². The van der Waals surface area contributed by atoms with Crippen LogP contribution in [0.15, 0.2) is 42.6 Å². The highest BCUT2D eigenvalue weighted by molar-refractivity contribution is 5.89. The van der Waals surface area contributed by atoms with Gasteiger partial charge in [0.25, 0.3) is 0 Å². The molecule has 0 aliphatic rings. The average molecular weight is 331 g/mol. The van der Waals surface area contributed by atoms with Crippen molar-refractivity contribution in [2.45, 2.75) is 0 Å². The molecule has 0 saturated carbocycles. The molecule has 0 saturated heterocycles. The minimum absolute atomic E-state index is 0.188. The molecule has 2 aromatic carbocycles. The first-order valence-corrected chi connectivity index (χ1v) is 7.54. The Labute approximate surface area is 142 Å². The molecule has 7 heteroatoms. The summed E-state index contributed by atoms with van der Waals surface area (Å²) >= 11 is 0. The fourth-order valence-electron chi connectivity index (χ4n) is 2.90. The van der Waals surface area contributed by atoms with Crippen LogP contribution in [0.1, 0.15) is 5.56 Å². The van der Waals surface area contributed by atoms with Gasteiger partial charge < -0.3 is 15.5 Å². The van der Waals surface area contributed by atoms with E-state index in [9.17, 15) is 15.5 Å². The summed E-state index contributed by atoms with van der Waals surface area (Å²) in [7, 11) is 1.74. The number of nitrogens with zero attached hydrogens (tertiary/aromatic N) is 4. The van der Waals surface area contributed by atoms with Crippen molar-refractivity contribution in [2.75, 3.05) is 12.4 Å². The van der Waals surface area contributed by atoms with Crippen molar-refractivity contribution in [3.63, 3.8) is 0 Å². The maximum Gasteiger partial charge on any atom is 0.181 e. The Morgan fingerprint density at radius 2 is 2.00 bits per heavy atom. The lowest BCUT2D eigenvalue weighted by atomic mass is 10.1. The number of aromatic hydroxyl groups is 2. The van der Waals surface area contributed by atoms with Crippen LogP contribution in [0, 0.1) is 11.3 Å². The number of para-hydroxylation sites is 1. The third-order valence-corrected chi connectivity index (χ3v) is 4.08. The smallest absolute Gasteiger partial charge is 0.181 e. The quantitative estimate of drug-likeness (QED) is 0.488. The Bertz CT molecular complexity index is 1170. The second kappa shape index (κ2) is 5.39. The Balaban J connectivity index is 2.15. The number of phenolic OH excluding ortho intramolecular Hbond substituents is 2. The van der Waals surface area contributed by atoms with Gasteiger partial charge in [-0.3, -0.25) is 4.40 Å². The minimum atomic E-state index is -0.211. The molecule has 25 heavy (non-hydrogen) atoms. The molecule has 3 N–H and O–H groups in total. The predicted octanol–water partition coefficient (Wildman–Crippen LogP) is 2.87. The number of aromatic nitrogens is 3. The highest BCUT2D eigenvalue weighted by Gasteiger charge is 2.16. The first kappa shape index (κ1) is 14.8. The molecular formula is C18H13N5O2. The number of nitrogens with one attached hydrogen (secondary N) is 1. The van der Waals surface area contributed by atoms with E-state index in [0.29, 0.717) is 33.8 Å². The van der Waals surface area contributed by atoms with Crippen LogP contribution in [0.2, 0.25) is 0 Å². The van der Waals surface area contributed by atoms with Crippen LogP contribution in [-0.4, -0.2) is 31.6 Å². The zero-order valence-electron chi connectivity index (χ0n) is 13.2. The fourth-order valence-corrected chi connectivity index (χ4v) is 2.90. The van der Waals surface area contributed by atoms with Gasteiger partial charge in [-0.2, -0.15) is 5.26 Å². The maximum absolute atomic E-state index is 9.82. The van der Waals surface area contributed by atoms with Gasteiger partial charge in [-0.1, -0.05) is 6.07 Å². The zero-order valence-corrected chi connectivity index (χ0v) is 13.2. The van der Waals surface area contributed by atoms with Crippen molar-refractivity contribution in [3.8, 4) is 28.8 Å². The van der Waals surface area contributed by atoms with Gasteiger partial charge in [0, 0.05) is 12.6 Å². The SMILES string of the molecule is CNc1nc2c(C#N)cccc2n2c(-c3ccc(O)c(O)c3)cnc12. The Kier molecular flexibility index (Phi) is 3.18. The lowest BCUT2D eigenvalue weighted by Crippen LogP contribution is -2.01. The van der Waals surface area contributed by atoms with Gasteiger partial charge in [0.05, 0.1) is 23.0 Å². The van der Waals surface area contributed by atoms with Crippen LogP contribution in [0.4, 0.5) is 5.82 Å². The Morgan fingerprint density at radius 3 is 2.72 bits per heavy atom. The number of hydrogen-bond donors (Lipinski definition) is 3. The molecule has 4 aromatic rings. The lowest BCUT2D eigenvalue weighted by Gasteiger charge is -2.10. The lowest BCUT2D eigenvalue weighted by molar-refractivity contribution is 0.404. The molecule has 122 valence electrons. The van der Waals surface area contributed by atoms with Crippen molar-refractivity contribution in [1.29, 1.82) is 5.26 Å². The van der Waals surface area contributed by atoms with E-state index in [2.05, 4.69) is 21.4 Å².